The summed E-state index contributed by atoms with van der Waals surface area (Å²) in [4.78, 5) is 26.3. The maximum Gasteiger partial charge on any atom is 0.262 e. The Labute approximate surface area is 220 Å². The lowest BCUT2D eigenvalue weighted by Crippen LogP contribution is -2.27. The molecule has 0 radical (unpaired) electrons. The van der Waals surface area contributed by atoms with Crippen molar-refractivity contribution >= 4 is 44.3 Å². The van der Waals surface area contributed by atoms with Crippen LogP contribution < -0.4 is 15.2 Å². The van der Waals surface area contributed by atoms with Gasteiger partial charge in [-0.25, -0.2) is 13.6 Å². The Balaban J connectivity index is 1.54. The fourth-order valence-electron chi connectivity index (χ4n) is 4.21. The van der Waals surface area contributed by atoms with Gasteiger partial charge in [0.1, 0.15) is 5.75 Å². The number of primary sulfonamides is 1. The van der Waals surface area contributed by atoms with Crippen LogP contribution in [0, 0.1) is 6.92 Å². The third kappa shape index (κ3) is 5.85. The molecule has 0 atom stereocenters. The monoisotopic (exact) mass is 539 g/mol. The quantitative estimate of drug-likeness (QED) is 0.352. The first kappa shape index (κ1) is 26.4. The Hall–Kier alpha value is -3.66. The second-order valence-electron chi connectivity index (χ2n) is 8.56. The minimum Gasteiger partial charge on any atom is -0.497 e. The normalized spacial score (nSPS) is 11.5. The molecule has 3 N–H and O–H groups in total. The van der Waals surface area contributed by atoms with Gasteiger partial charge in [0.25, 0.3) is 5.91 Å². The van der Waals surface area contributed by atoms with Crippen LogP contribution in [0.5, 0.6) is 5.75 Å². The van der Waals surface area contributed by atoms with Gasteiger partial charge in [0.15, 0.2) is 0 Å². The Kier molecular flexibility index (Phi) is 7.68. The summed E-state index contributed by atoms with van der Waals surface area (Å²) in [6, 6.07) is 18.3. The predicted octanol–water partition coefficient (Wildman–Crippen LogP) is 3.85. The molecule has 192 valence electrons. The molecular weight excluding hydrogens is 514 g/mol. The molecule has 4 rings (SSSR count). The molecule has 0 aliphatic rings. The van der Waals surface area contributed by atoms with Crippen LogP contribution in [0.15, 0.2) is 71.6 Å². The summed E-state index contributed by atoms with van der Waals surface area (Å²) >= 11 is 5.98. The SMILES string of the molecule is COc1ccc2c(c1)c(CC(=O)NCCc1ccc(S(N)(=O)=O)cc1)c(C)n2C(=O)c1ccc(Cl)cc1. The second-order valence-corrected chi connectivity index (χ2v) is 10.6. The molecule has 1 amide bonds. The summed E-state index contributed by atoms with van der Waals surface area (Å²) < 4.78 is 29.8. The molecule has 0 unspecified atom stereocenters. The summed E-state index contributed by atoms with van der Waals surface area (Å²) in [6.07, 6.45) is 0.584. The van der Waals surface area contributed by atoms with Crippen LogP contribution in [-0.4, -0.2) is 38.5 Å². The topological polar surface area (TPSA) is 120 Å². The predicted molar refractivity (Wildman–Crippen MR) is 143 cm³/mol. The van der Waals surface area contributed by atoms with Crippen LogP contribution in [0.2, 0.25) is 5.02 Å². The zero-order chi connectivity index (χ0) is 26.7. The van der Waals surface area contributed by atoms with Crippen LogP contribution >= 0.6 is 11.6 Å². The molecule has 1 heterocycles. The molecule has 0 saturated carbocycles. The van der Waals surface area contributed by atoms with Crippen molar-refractivity contribution in [3.63, 3.8) is 0 Å². The number of ether oxygens (including phenoxy) is 1. The van der Waals surface area contributed by atoms with Gasteiger partial charge in [-0.05, 0) is 79.1 Å². The number of benzene rings is 3. The van der Waals surface area contributed by atoms with Crippen molar-refractivity contribution in [1.29, 1.82) is 0 Å². The van der Waals surface area contributed by atoms with E-state index >= 15 is 0 Å². The summed E-state index contributed by atoms with van der Waals surface area (Å²) in [7, 11) is -2.19. The largest absolute Gasteiger partial charge is 0.497 e. The standard InChI is InChI=1S/C27H26ClN3O5S/c1-17-23(16-26(32)30-14-13-18-3-10-22(11-4-18)37(29,34)35)24-15-21(36-2)9-12-25(24)31(17)27(33)19-5-7-20(28)8-6-19/h3-12,15H,13-14,16H2,1-2H3,(H,30,32)(H2,29,34,35). The van der Waals surface area contributed by atoms with Crippen molar-refractivity contribution in [1.82, 2.24) is 9.88 Å². The fraction of sp³-hybridized carbons (Fsp3) is 0.185. The Bertz CT molecular complexity index is 1580. The molecule has 1 aromatic heterocycles. The van der Waals surface area contributed by atoms with Crippen LogP contribution in [0.3, 0.4) is 0 Å². The third-order valence-electron chi connectivity index (χ3n) is 6.16. The third-order valence-corrected chi connectivity index (χ3v) is 7.34. The lowest BCUT2D eigenvalue weighted by atomic mass is 10.1. The molecule has 0 spiro atoms. The number of nitrogens with zero attached hydrogens (tertiary/aromatic N) is 1. The smallest absolute Gasteiger partial charge is 0.262 e. The highest BCUT2D eigenvalue weighted by Crippen LogP contribution is 2.31. The molecule has 0 aliphatic carbocycles. The number of amides is 1. The first-order chi connectivity index (χ1) is 17.6. The van der Waals surface area contributed by atoms with E-state index in [1.54, 1.807) is 54.1 Å². The van der Waals surface area contributed by atoms with Gasteiger partial charge >= 0.3 is 0 Å². The van der Waals surface area contributed by atoms with E-state index in [1.165, 1.54) is 12.1 Å². The minimum absolute atomic E-state index is 0.0377. The number of nitrogens with two attached hydrogens (primary N) is 1. The number of hydrogen-bond donors (Lipinski definition) is 2. The van der Waals surface area contributed by atoms with Crippen LogP contribution in [0.1, 0.15) is 27.2 Å². The molecule has 0 aliphatic heterocycles. The van der Waals surface area contributed by atoms with Crippen LogP contribution in [-0.2, 0) is 27.7 Å². The van der Waals surface area contributed by atoms with Crippen molar-refractivity contribution in [2.24, 2.45) is 5.14 Å². The zero-order valence-electron chi connectivity index (χ0n) is 20.3. The molecule has 0 fully saturated rings. The summed E-state index contributed by atoms with van der Waals surface area (Å²) in [5, 5.41) is 9.32. The summed E-state index contributed by atoms with van der Waals surface area (Å²) in [5.74, 6) is 0.192. The number of rotatable bonds is 8. The number of carbonyl (C=O) groups excluding carboxylic acids is 2. The van der Waals surface area contributed by atoms with E-state index in [0.717, 1.165) is 16.5 Å². The van der Waals surface area contributed by atoms with Gasteiger partial charge in [0.05, 0.1) is 23.9 Å². The van der Waals surface area contributed by atoms with Crippen molar-refractivity contribution in [2.75, 3.05) is 13.7 Å². The molecule has 3 aromatic carbocycles. The summed E-state index contributed by atoms with van der Waals surface area (Å²) in [6.45, 7) is 2.17. The average Bonchev–Trinajstić information content (AvgIpc) is 3.14. The number of hydrogen-bond acceptors (Lipinski definition) is 5. The summed E-state index contributed by atoms with van der Waals surface area (Å²) in [5.41, 5.74) is 3.41. The number of methoxy groups -OCH3 is 1. The van der Waals surface area contributed by atoms with E-state index in [-0.39, 0.29) is 23.1 Å². The zero-order valence-corrected chi connectivity index (χ0v) is 21.9. The molecule has 4 aromatic rings. The van der Waals surface area contributed by atoms with Crippen LogP contribution in [0.4, 0.5) is 0 Å². The number of carbonyl (C=O) groups is 2. The highest BCUT2D eigenvalue weighted by molar-refractivity contribution is 7.89. The average molecular weight is 540 g/mol. The van der Waals surface area contributed by atoms with Crippen molar-refractivity contribution < 1.29 is 22.7 Å². The van der Waals surface area contributed by atoms with E-state index < -0.39 is 10.0 Å². The van der Waals surface area contributed by atoms with Gasteiger partial charge in [-0.15, -0.1) is 0 Å². The maximum atomic E-state index is 13.4. The lowest BCUT2D eigenvalue weighted by Gasteiger charge is -2.09. The van der Waals surface area contributed by atoms with Gasteiger partial charge < -0.3 is 10.1 Å². The van der Waals surface area contributed by atoms with Gasteiger partial charge in [-0.1, -0.05) is 23.7 Å². The van der Waals surface area contributed by atoms with E-state index in [0.29, 0.717) is 40.5 Å². The molecule has 0 bridgehead atoms. The van der Waals surface area contributed by atoms with Gasteiger partial charge in [0, 0.05) is 28.2 Å². The number of halogens is 1. The first-order valence-corrected chi connectivity index (χ1v) is 13.4. The van der Waals surface area contributed by atoms with Gasteiger partial charge in [-0.2, -0.15) is 0 Å². The van der Waals surface area contributed by atoms with Crippen LogP contribution in [0.25, 0.3) is 10.9 Å². The van der Waals surface area contributed by atoms with Gasteiger partial charge in [-0.3, -0.25) is 14.2 Å². The second kappa shape index (κ2) is 10.8. The molecular formula is C27H26ClN3O5S. The fourth-order valence-corrected chi connectivity index (χ4v) is 4.85. The van der Waals surface area contributed by atoms with E-state index in [1.807, 2.05) is 19.1 Å². The highest BCUT2D eigenvalue weighted by Gasteiger charge is 2.22. The van der Waals surface area contributed by atoms with E-state index in [9.17, 15) is 18.0 Å². The lowest BCUT2D eigenvalue weighted by molar-refractivity contribution is -0.120. The number of fused-ring (bicyclic) bond motifs is 1. The first-order valence-electron chi connectivity index (χ1n) is 11.4. The Morgan fingerprint density at radius 2 is 1.70 bits per heavy atom. The van der Waals surface area contributed by atoms with Crippen molar-refractivity contribution in [3.8, 4) is 5.75 Å². The van der Waals surface area contributed by atoms with E-state index in [4.69, 9.17) is 21.5 Å². The number of nitrogens with one attached hydrogen (secondary N) is 1. The van der Waals surface area contributed by atoms with E-state index in [2.05, 4.69) is 5.32 Å². The highest BCUT2D eigenvalue weighted by atomic mass is 35.5. The number of sulfonamides is 1. The van der Waals surface area contributed by atoms with Crippen molar-refractivity contribution in [3.05, 3.63) is 94.1 Å². The van der Waals surface area contributed by atoms with Crippen molar-refractivity contribution in [2.45, 2.75) is 24.7 Å². The molecule has 0 saturated heterocycles. The molecule has 10 heteroatoms. The molecule has 8 nitrogen and oxygen atoms in total. The Morgan fingerprint density at radius 1 is 1.03 bits per heavy atom. The minimum atomic E-state index is -3.75. The Morgan fingerprint density at radius 3 is 2.32 bits per heavy atom. The molecule has 37 heavy (non-hydrogen) atoms. The maximum absolute atomic E-state index is 13.4. The van der Waals surface area contributed by atoms with Gasteiger partial charge in [0.2, 0.25) is 15.9 Å². The number of aromatic nitrogens is 1.